The van der Waals surface area contributed by atoms with E-state index in [2.05, 4.69) is 16.0 Å². The van der Waals surface area contributed by atoms with Gasteiger partial charge in [-0.3, -0.25) is 25.2 Å². The van der Waals surface area contributed by atoms with E-state index in [4.69, 9.17) is 11.6 Å². The molecule has 0 aliphatic heterocycles. The lowest BCUT2D eigenvalue weighted by atomic mass is 10.2. The normalized spacial score (nSPS) is 10.2. The van der Waals surface area contributed by atoms with Crippen LogP contribution in [0.1, 0.15) is 40.6 Å². The van der Waals surface area contributed by atoms with Gasteiger partial charge < -0.3 is 0 Å². The van der Waals surface area contributed by atoms with Crippen molar-refractivity contribution in [1.82, 2.24) is 20.6 Å². The highest BCUT2D eigenvalue weighted by Gasteiger charge is 2.13. The van der Waals surface area contributed by atoms with Gasteiger partial charge in [-0.05, 0) is 24.6 Å². The van der Waals surface area contributed by atoms with Crippen molar-refractivity contribution in [3.8, 4) is 0 Å². The molecule has 1 aromatic carbocycles. The Labute approximate surface area is 143 Å². The Morgan fingerprint density at radius 1 is 1.12 bits per heavy atom. The molecule has 2 rings (SSSR count). The Kier molecular flexibility index (Phi) is 6.08. The van der Waals surface area contributed by atoms with Crippen LogP contribution in [0.5, 0.6) is 0 Å². The molecule has 24 heavy (non-hydrogen) atoms. The van der Waals surface area contributed by atoms with Crippen LogP contribution in [0.3, 0.4) is 0 Å². The number of unbranched alkanes of at least 4 members (excludes halogenated alkanes) is 1. The molecule has 0 saturated heterocycles. The second-order valence-electron chi connectivity index (χ2n) is 5.02. The number of benzene rings is 1. The summed E-state index contributed by atoms with van der Waals surface area (Å²) in [4.78, 5) is 35.7. The van der Waals surface area contributed by atoms with Gasteiger partial charge in [-0.2, -0.15) is 5.10 Å². The Bertz CT molecular complexity index is 804. The van der Waals surface area contributed by atoms with E-state index in [-0.39, 0.29) is 21.8 Å². The smallest absolute Gasteiger partial charge is 0.268 e. The van der Waals surface area contributed by atoms with Crippen LogP contribution < -0.4 is 16.4 Å². The number of hydrogen-bond acceptors (Lipinski definition) is 4. The molecule has 2 aromatic rings. The zero-order chi connectivity index (χ0) is 17.5. The van der Waals surface area contributed by atoms with Gasteiger partial charge in [0.25, 0.3) is 17.4 Å². The Morgan fingerprint density at radius 3 is 2.54 bits per heavy atom. The first kappa shape index (κ1) is 17.7. The van der Waals surface area contributed by atoms with Gasteiger partial charge in [0.2, 0.25) is 0 Å². The molecule has 126 valence electrons. The fourth-order valence-corrected chi connectivity index (χ4v) is 2.15. The maximum Gasteiger partial charge on any atom is 0.290 e. The first-order valence-corrected chi connectivity index (χ1v) is 7.84. The largest absolute Gasteiger partial charge is 0.290 e. The van der Waals surface area contributed by atoms with Crippen LogP contribution in [0, 0.1) is 0 Å². The van der Waals surface area contributed by atoms with Crippen molar-refractivity contribution in [2.24, 2.45) is 0 Å². The standard InChI is InChI=1S/C16H17ClN4O3/c1-2-3-10-21-14(22)9-8-13(20-21)16(24)19-18-15(23)11-6-4-5-7-12(11)17/h4-9H,2-3,10H2,1H3,(H,18,23)(H,19,24). The molecular weight excluding hydrogens is 332 g/mol. The average molecular weight is 349 g/mol. The fraction of sp³-hybridized carbons (Fsp3) is 0.250. The molecule has 0 unspecified atom stereocenters. The molecule has 0 bridgehead atoms. The summed E-state index contributed by atoms with van der Waals surface area (Å²) in [6, 6.07) is 9.04. The van der Waals surface area contributed by atoms with Crippen molar-refractivity contribution < 1.29 is 9.59 Å². The van der Waals surface area contributed by atoms with E-state index < -0.39 is 11.8 Å². The zero-order valence-electron chi connectivity index (χ0n) is 13.1. The predicted octanol–water partition coefficient (Wildman–Crippen LogP) is 1.77. The zero-order valence-corrected chi connectivity index (χ0v) is 13.8. The SMILES string of the molecule is CCCCn1nc(C(=O)NNC(=O)c2ccccc2Cl)ccc1=O. The molecule has 2 amide bonds. The second kappa shape index (κ2) is 8.26. The lowest BCUT2D eigenvalue weighted by molar-refractivity contribution is 0.0842. The van der Waals surface area contributed by atoms with Crippen LogP contribution >= 0.6 is 11.6 Å². The van der Waals surface area contributed by atoms with Gasteiger partial charge in [0, 0.05) is 12.6 Å². The number of halogens is 1. The minimum absolute atomic E-state index is 0.0326. The van der Waals surface area contributed by atoms with E-state index in [1.54, 1.807) is 18.2 Å². The van der Waals surface area contributed by atoms with Gasteiger partial charge in [-0.1, -0.05) is 37.1 Å². The Morgan fingerprint density at radius 2 is 1.83 bits per heavy atom. The number of hydrogen-bond donors (Lipinski definition) is 2. The van der Waals surface area contributed by atoms with E-state index in [9.17, 15) is 14.4 Å². The molecule has 1 heterocycles. The highest BCUT2D eigenvalue weighted by Crippen LogP contribution is 2.14. The van der Waals surface area contributed by atoms with Crippen LogP contribution in [-0.2, 0) is 6.54 Å². The third kappa shape index (κ3) is 4.42. The van der Waals surface area contributed by atoms with Crippen molar-refractivity contribution in [2.45, 2.75) is 26.3 Å². The maximum atomic E-state index is 12.1. The molecule has 0 radical (unpaired) electrons. The molecule has 0 atom stereocenters. The molecule has 0 fully saturated rings. The molecule has 0 aliphatic rings. The summed E-state index contributed by atoms with van der Waals surface area (Å²) in [5.74, 6) is -1.17. The number of rotatable bonds is 5. The highest BCUT2D eigenvalue weighted by molar-refractivity contribution is 6.33. The molecule has 7 nitrogen and oxygen atoms in total. The minimum atomic E-state index is -0.624. The lowest BCUT2D eigenvalue weighted by Gasteiger charge is -2.09. The van der Waals surface area contributed by atoms with Gasteiger partial charge in [0.05, 0.1) is 10.6 Å². The number of aryl methyl sites for hydroxylation is 1. The molecule has 2 N–H and O–H groups in total. The molecular formula is C16H17ClN4O3. The number of amides is 2. The van der Waals surface area contributed by atoms with E-state index >= 15 is 0 Å². The van der Waals surface area contributed by atoms with Gasteiger partial charge in [-0.15, -0.1) is 0 Å². The van der Waals surface area contributed by atoms with E-state index in [0.717, 1.165) is 12.8 Å². The fourth-order valence-electron chi connectivity index (χ4n) is 1.93. The quantitative estimate of drug-likeness (QED) is 0.805. The van der Waals surface area contributed by atoms with Crippen LogP contribution in [-0.4, -0.2) is 21.6 Å². The summed E-state index contributed by atoms with van der Waals surface area (Å²) in [7, 11) is 0. The lowest BCUT2D eigenvalue weighted by Crippen LogP contribution is -2.42. The Hall–Kier alpha value is -2.67. The highest BCUT2D eigenvalue weighted by atomic mass is 35.5. The Balaban J connectivity index is 2.03. The second-order valence-corrected chi connectivity index (χ2v) is 5.43. The van der Waals surface area contributed by atoms with Crippen LogP contribution in [0.2, 0.25) is 5.02 Å². The number of carbonyl (C=O) groups excluding carboxylic acids is 2. The summed E-state index contributed by atoms with van der Waals surface area (Å²) in [6.07, 6.45) is 1.68. The van der Waals surface area contributed by atoms with Gasteiger partial charge in [0.15, 0.2) is 5.69 Å². The van der Waals surface area contributed by atoms with Crippen molar-refractivity contribution in [2.75, 3.05) is 0 Å². The number of carbonyl (C=O) groups is 2. The first-order valence-electron chi connectivity index (χ1n) is 7.46. The first-order chi connectivity index (χ1) is 11.5. The third-order valence-corrected chi connectivity index (χ3v) is 3.56. The van der Waals surface area contributed by atoms with Crippen molar-refractivity contribution >= 4 is 23.4 Å². The average Bonchev–Trinajstić information content (AvgIpc) is 2.59. The predicted molar refractivity (Wildman–Crippen MR) is 89.8 cm³/mol. The summed E-state index contributed by atoms with van der Waals surface area (Å²) < 4.78 is 1.23. The molecule has 0 saturated carbocycles. The summed E-state index contributed by atoms with van der Waals surface area (Å²) in [5, 5.41) is 4.27. The molecule has 0 aliphatic carbocycles. The summed E-state index contributed by atoms with van der Waals surface area (Å²) >= 11 is 5.91. The topological polar surface area (TPSA) is 93.1 Å². The van der Waals surface area contributed by atoms with Crippen molar-refractivity contribution in [1.29, 1.82) is 0 Å². The van der Waals surface area contributed by atoms with Gasteiger partial charge in [0.1, 0.15) is 0 Å². The van der Waals surface area contributed by atoms with Gasteiger partial charge >= 0.3 is 0 Å². The third-order valence-electron chi connectivity index (χ3n) is 3.23. The van der Waals surface area contributed by atoms with Crippen LogP contribution in [0.15, 0.2) is 41.2 Å². The monoisotopic (exact) mass is 348 g/mol. The van der Waals surface area contributed by atoms with Crippen LogP contribution in [0.25, 0.3) is 0 Å². The number of aromatic nitrogens is 2. The van der Waals surface area contributed by atoms with E-state index in [1.165, 1.54) is 22.9 Å². The molecule has 0 spiro atoms. The maximum absolute atomic E-state index is 12.1. The number of nitrogens with one attached hydrogen (secondary N) is 2. The van der Waals surface area contributed by atoms with E-state index in [0.29, 0.717) is 6.54 Å². The number of nitrogens with zero attached hydrogens (tertiary/aromatic N) is 2. The van der Waals surface area contributed by atoms with Crippen molar-refractivity contribution in [3.63, 3.8) is 0 Å². The van der Waals surface area contributed by atoms with Crippen LogP contribution in [0.4, 0.5) is 0 Å². The molecule has 1 aromatic heterocycles. The van der Waals surface area contributed by atoms with E-state index in [1.807, 2.05) is 6.92 Å². The van der Waals surface area contributed by atoms with Crippen molar-refractivity contribution in [3.05, 3.63) is 63.0 Å². The van der Waals surface area contributed by atoms with Gasteiger partial charge in [-0.25, -0.2) is 4.68 Å². The number of hydrazine groups is 1. The minimum Gasteiger partial charge on any atom is -0.268 e. The summed E-state index contributed by atoms with van der Waals surface area (Å²) in [5.41, 5.74) is 4.51. The molecule has 8 heteroatoms. The summed E-state index contributed by atoms with van der Waals surface area (Å²) in [6.45, 7) is 2.42.